The highest BCUT2D eigenvalue weighted by atomic mass is 32.2. The van der Waals surface area contributed by atoms with Crippen molar-refractivity contribution in [3.05, 3.63) is 0 Å². The summed E-state index contributed by atoms with van der Waals surface area (Å²) in [5.74, 6) is 0. The lowest BCUT2D eigenvalue weighted by atomic mass is 10.4. The summed E-state index contributed by atoms with van der Waals surface area (Å²) in [4.78, 5) is 0. The molecule has 0 heterocycles. The highest BCUT2D eigenvalue weighted by Gasteiger charge is 2.29. The van der Waals surface area contributed by atoms with Crippen molar-refractivity contribution in [3.8, 4) is 0 Å². The summed E-state index contributed by atoms with van der Waals surface area (Å²) in [5, 5.41) is 17.1. The Bertz CT molecular complexity index is 86.4. The molecule has 9 heavy (non-hydrogen) atoms. The first-order valence-corrected chi connectivity index (χ1v) is 3.36. The summed E-state index contributed by atoms with van der Waals surface area (Å²) >= 11 is 10.8. The molecule has 0 spiro atoms. The van der Waals surface area contributed by atoms with Gasteiger partial charge in [0.2, 0.25) is 0 Å². The van der Waals surface area contributed by atoms with Crippen LogP contribution in [0, 0.1) is 0 Å². The minimum absolute atomic E-state index is 0.465. The SMILES string of the molecule is OCC(O)C(S)(S)OS. The molecule has 0 amide bonds. The van der Waals surface area contributed by atoms with Crippen molar-refractivity contribution in [1.82, 2.24) is 0 Å². The zero-order valence-corrected chi connectivity index (χ0v) is 7.11. The van der Waals surface area contributed by atoms with Gasteiger partial charge in [0, 0.05) is 0 Å². The third-order valence-corrected chi connectivity index (χ3v) is 2.10. The number of rotatable bonds is 3. The average molecular weight is 188 g/mol. The molecule has 0 aromatic heterocycles. The molecular formula is C3H8O3S3. The van der Waals surface area contributed by atoms with Crippen molar-refractivity contribution >= 4 is 38.2 Å². The summed E-state index contributed by atoms with van der Waals surface area (Å²) in [7, 11) is 0. The van der Waals surface area contributed by atoms with Crippen LogP contribution in [0.2, 0.25) is 0 Å². The van der Waals surface area contributed by atoms with Gasteiger partial charge < -0.3 is 10.2 Å². The van der Waals surface area contributed by atoms with E-state index in [0.29, 0.717) is 0 Å². The molecule has 0 saturated carbocycles. The monoisotopic (exact) mass is 188 g/mol. The van der Waals surface area contributed by atoms with E-state index in [-0.39, 0.29) is 0 Å². The van der Waals surface area contributed by atoms with Gasteiger partial charge in [-0.3, -0.25) is 4.18 Å². The zero-order chi connectivity index (χ0) is 7.49. The molecule has 2 N–H and O–H groups in total. The quantitative estimate of drug-likeness (QED) is 0.240. The third kappa shape index (κ3) is 3.01. The van der Waals surface area contributed by atoms with Gasteiger partial charge in [0.1, 0.15) is 6.10 Å². The van der Waals surface area contributed by atoms with Gasteiger partial charge in [-0.25, -0.2) is 0 Å². The Kier molecular flexibility index (Phi) is 4.35. The molecule has 6 heteroatoms. The van der Waals surface area contributed by atoms with E-state index in [1.165, 1.54) is 0 Å². The van der Waals surface area contributed by atoms with Crippen LogP contribution in [0.3, 0.4) is 0 Å². The molecule has 0 aromatic carbocycles. The molecule has 1 unspecified atom stereocenters. The van der Waals surface area contributed by atoms with Gasteiger partial charge in [-0.05, 0) is 12.9 Å². The van der Waals surface area contributed by atoms with Gasteiger partial charge >= 0.3 is 0 Å². The van der Waals surface area contributed by atoms with Gasteiger partial charge in [0.05, 0.1) is 6.61 Å². The lowest BCUT2D eigenvalue weighted by molar-refractivity contribution is 0.0343. The van der Waals surface area contributed by atoms with Crippen molar-refractivity contribution in [2.45, 2.75) is 10.4 Å². The topological polar surface area (TPSA) is 49.7 Å². The van der Waals surface area contributed by atoms with E-state index in [4.69, 9.17) is 10.2 Å². The van der Waals surface area contributed by atoms with Crippen LogP contribution in [0.5, 0.6) is 0 Å². The van der Waals surface area contributed by atoms with E-state index in [0.717, 1.165) is 0 Å². The predicted molar refractivity (Wildman–Crippen MR) is 43.9 cm³/mol. The largest absolute Gasteiger partial charge is 0.393 e. The van der Waals surface area contributed by atoms with Gasteiger partial charge in [0.25, 0.3) is 0 Å². The fourth-order valence-corrected chi connectivity index (χ4v) is 0.465. The first kappa shape index (κ1) is 9.93. The lowest BCUT2D eigenvalue weighted by Crippen LogP contribution is -2.34. The molecule has 0 fully saturated rings. The normalized spacial score (nSPS) is 15.7. The zero-order valence-electron chi connectivity index (χ0n) is 4.43. The predicted octanol–water partition coefficient (Wildman–Crippen LogP) is -0.286. The van der Waals surface area contributed by atoms with E-state index in [9.17, 15) is 0 Å². The lowest BCUT2D eigenvalue weighted by Gasteiger charge is -2.23. The third-order valence-electron chi connectivity index (χ3n) is 0.741. The van der Waals surface area contributed by atoms with Crippen LogP contribution < -0.4 is 0 Å². The Hall–Kier alpha value is 0.930. The molecule has 0 radical (unpaired) electrons. The van der Waals surface area contributed by atoms with Crippen LogP contribution in [0.25, 0.3) is 0 Å². The molecule has 0 aliphatic carbocycles. The molecule has 0 bridgehead atoms. The van der Waals surface area contributed by atoms with Crippen LogP contribution in [0.4, 0.5) is 0 Å². The van der Waals surface area contributed by atoms with E-state index >= 15 is 0 Å². The Morgan fingerprint density at radius 1 is 1.56 bits per heavy atom. The summed E-state index contributed by atoms with van der Waals surface area (Å²) in [6, 6.07) is 0. The van der Waals surface area contributed by atoms with Crippen LogP contribution in [-0.4, -0.2) is 27.2 Å². The fraction of sp³-hybridized carbons (Fsp3) is 1.00. The molecular weight excluding hydrogens is 180 g/mol. The fourth-order valence-electron chi connectivity index (χ4n) is 0.180. The van der Waals surface area contributed by atoms with Gasteiger partial charge in [-0.1, -0.05) is 0 Å². The molecule has 0 rings (SSSR count). The van der Waals surface area contributed by atoms with Crippen molar-refractivity contribution < 1.29 is 14.4 Å². The maximum absolute atomic E-state index is 8.81. The molecule has 0 aromatic rings. The minimum atomic E-state index is -1.39. The van der Waals surface area contributed by atoms with E-state index in [1.807, 2.05) is 0 Å². The maximum atomic E-state index is 8.81. The van der Waals surface area contributed by atoms with Crippen LogP contribution in [-0.2, 0) is 4.18 Å². The Morgan fingerprint density at radius 3 is 2.11 bits per heavy atom. The highest BCUT2D eigenvalue weighted by Crippen LogP contribution is 2.26. The highest BCUT2D eigenvalue weighted by molar-refractivity contribution is 8.01. The molecule has 0 aliphatic heterocycles. The average Bonchev–Trinajstić information content (AvgIpc) is 1.86. The summed E-state index contributed by atoms with van der Waals surface area (Å²) in [6.07, 6.45) is -1.15. The Morgan fingerprint density at radius 2 is 2.00 bits per heavy atom. The summed E-state index contributed by atoms with van der Waals surface area (Å²) < 4.78 is 2.91. The van der Waals surface area contributed by atoms with Gasteiger partial charge in [0.15, 0.2) is 4.27 Å². The summed E-state index contributed by atoms with van der Waals surface area (Å²) in [6.45, 7) is -0.465. The van der Waals surface area contributed by atoms with Crippen LogP contribution in [0.15, 0.2) is 0 Å². The molecule has 1 atom stereocenters. The standard InChI is InChI=1S/C3H8O3S3/c4-1-2(5)3(7,8)6-9/h2,4-5,7-9H,1H2. The molecule has 56 valence electrons. The van der Waals surface area contributed by atoms with Gasteiger partial charge in [-0.2, -0.15) is 0 Å². The first-order valence-electron chi connectivity index (χ1n) is 2.11. The van der Waals surface area contributed by atoms with Crippen molar-refractivity contribution in [2.75, 3.05) is 6.61 Å². The number of hydrogen-bond donors (Lipinski definition) is 5. The molecule has 0 aliphatic rings. The number of thiol groups is 3. The second-order valence-corrected chi connectivity index (χ2v) is 3.31. The number of hydrogen-bond acceptors (Lipinski definition) is 6. The minimum Gasteiger partial charge on any atom is -0.393 e. The van der Waals surface area contributed by atoms with Crippen LogP contribution in [0.1, 0.15) is 0 Å². The van der Waals surface area contributed by atoms with Gasteiger partial charge in [-0.15, -0.1) is 25.3 Å². The Balaban J connectivity index is 3.80. The maximum Gasteiger partial charge on any atom is 0.196 e. The van der Waals surface area contributed by atoms with Crippen LogP contribution >= 0.6 is 38.2 Å². The van der Waals surface area contributed by atoms with Crippen molar-refractivity contribution in [2.24, 2.45) is 0 Å². The van der Waals surface area contributed by atoms with E-state index < -0.39 is 17.0 Å². The van der Waals surface area contributed by atoms with E-state index in [1.54, 1.807) is 0 Å². The second-order valence-electron chi connectivity index (χ2n) is 1.45. The molecule has 0 saturated heterocycles. The smallest absolute Gasteiger partial charge is 0.196 e. The Labute approximate surface area is 69.8 Å². The number of aliphatic hydroxyl groups excluding tert-OH is 2. The van der Waals surface area contributed by atoms with Crippen molar-refractivity contribution in [1.29, 1.82) is 0 Å². The van der Waals surface area contributed by atoms with Crippen molar-refractivity contribution in [3.63, 3.8) is 0 Å². The van der Waals surface area contributed by atoms with E-state index in [2.05, 4.69) is 42.4 Å². The number of aliphatic hydroxyl groups is 2. The molecule has 3 nitrogen and oxygen atoms in total. The summed E-state index contributed by atoms with van der Waals surface area (Å²) in [5.41, 5.74) is 0. The second kappa shape index (κ2) is 3.95. The first-order chi connectivity index (χ1) is 4.04.